The molecule has 0 amide bonds. The van der Waals surface area contributed by atoms with E-state index >= 15 is 0 Å². The maximum absolute atomic E-state index is 3.83. The van der Waals surface area contributed by atoms with Gasteiger partial charge in [0.25, 0.3) is 0 Å². The summed E-state index contributed by atoms with van der Waals surface area (Å²) < 4.78 is 13.2. The lowest BCUT2D eigenvalue weighted by molar-refractivity contribution is 1.18. The molecule has 0 bridgehead atoms. The van der Waals surface area contributed by atoms with Gasteiger partial charge in [0.2, 0.25) is 0 Å². The molecule has 6 aromatic heterocycles. The van der Waals surface area contributed by atoms with Gasteiger partial charge in [-0.25, -0.2) is 0 Å². The van der Waals surface area contributed by atoms with Crippen molar-refractivity contribution in [2.45, 2.75) is 0 Å². The molecule has 6 heterocycles. The van der Waals surface area contributed by atoms with Gasteiger partial charge < -0.3 is 27.8 Å². The number of nitrogens with one attached hydrogen (secondary N) is 1. The number of halogens is 1. The van der Waals surface area contributed by atoms with Crippen molar-refractivity contribution in [3.8, 4) is 72.9 Å². The fraction of sp³-hybridized carbons (Fsp3) is 0. The van der Waals surface area contributed by atoms with E-state index in [1.165, 1.54) is 192 Å². The summed E-state index contributed by atoms with van der Waals surface area (Å²) in [5.41, 5.74) is 29.7. The van der Waals surface area contributed by atoms with Gasteiger partial charge in [0, 0.05) is 114 Å². The largest absolute Gasteiger partial charge is 0.354 e. The summed E-state index contributed by atoms with van der Waals surface area (Å²) in [4.78, 5) is 3.83. The van der Waals surface area contributed by atoms with Crippen LogP contribution in [0.25, 0.3) is 225 Å². The van der Waals surface area contributed by atoms with Crippen molar-refractivity contribution in [2.24, 2.45) is 0 Å². The number of H-pyrrole nitrogens is 1. The molecule has 0 aliphatic rings. The molecule has 0 saturated heterocycles. The van der Waals surface area contributed by atoms with Crippen LogP contribution in [0.3, 0.4) is 0 Å². The van der Waals surface area contributed by atoms with Crippen molar-refractivity contribution in [1.82, 2.24) is 27.8 Å². The van der Waals surface area contributed by atoms with E-state index in [1.807, 2.05) is 30.3 Å². The molecule has 0 unspecified atom stereocenters. The summed E-state index contributed by atoms with van der Waals surface area (Å²) in [5.74, 6) is 0. The van der Waals surface area contributed by atoms with Crippen LogP contribution in [-0.2, 0) is 0 Å². The van der Waals surface area contributed by atoms with E-state index < -0.39 is 0 Å². The molecule has 0 fully saturated rings. The Bertz CT molecular complexity index is 8670. The van der Waals surface area contributed by atoms with E-state index in [4.69, 9.17) is 0 Å². The van der Waals surface area contributed by atoms with Gasteiger partial charge >= 0.3 is 0 Å². The Morgan fingerprint density at radius 1 is 0.179 bits per heavy atom. The third-order valence-electron chi connectivity index (χ3n) is 25.1. The second-order valence-corrected chi connectivity index (χ2v) is 32.9. The van der Waals surface area contributed by atoms with E-state index in [9.17, 15) is 0 Å². The van der Waals surface area contributed by atoms with Gasteiger partial charge in [-0.15, -0.1) is 0 Å². The molecule has 6 nitrogen and oxygen atoms in total. The Labute approximate surface area is 717 Å². The Morgan fingerprint density at radius 3 is 0.927 bits per heavy atom. The van der Waals surface area contributed by atoms with Crippen molar-refractivity contribution >= 4 is 168 Å². The molecular formula is C116H75BrN6. The number of nitrogens with zero attached hydrogens (tertiary/aromatic N) is 5. The summed E-state index contributed by atoms with van der Waals surface area (Å²) in [6, 6.07) is 163. The predicted octanol–water partition coefficient (Wildman–Crippen LogP) is 31.9. The number of hydrogen-bond donors (Lipinski definition) is 1. The Balaban J connectivity index is 0.000000129. The van der Waals surface area contributed by atoms with Gasteiger partial charge in [0.1, 0.15) is 0 Å². The monoisotopic (exact) mass is 1630 g/mol. The van der Waals surface area contributed by atoms with E-state index in [-0.39, 0.29) is 0 Å². The highest BCUT2D eigenvalue weighted by Crippen LogP contribution is 2.48. The standard InChI is InChI=1S/C58H37N3.C52H33N3.C6H5Br/c1-4-17-42(18-5-1)59-52-26-14-12-24-46(52)49-35-40(30-32-54(49)59)48-36-41(37-50-47-25-13-15-27-53(47)61(58(48)50)44-21-8-3-9-22-44)39-29-31-55-51(34-39)57-45-23-11-10-16-38(45)28-33-56(57)60(55)43-19-6-2-7-20-43;1-3-14-37(15-4-1)54-47-22-12-10-20-41(47)43-30-35(25-27-48(43)54)42-31-36(32-44-40-19-9-11-21-46(40)53-52(42)44)34-24-26-49-45(29-34)51-39-18-8-7-13-33(39)23-28-50(51)55(49)38-16-5-2-6-17-38;7-6-4-2-1-3-5-6/h1-37H;1-32,53H;1-5H. The Kier molecular flexibility index (Phi) is 17.0. The molecule has 1 N–H and O–H groups in total. The van der Waals surface area contributed by atoms with Crippen LogP contribution >= 0.6 is 15.9 Å². The molecule has 0 aliphatic heterocycles. The van der Waals surface area contributed by atoms with Crippen LogP contribution in [-0.4, -0.2) is 27.8 Å². The zero-order valence-electron chi connectivity index (χ0n) is 66.8. The van der Waals surface area contributed by atoms with Crippen LogP contribution in [0.4, 0.5) is 0 Å². The minimum absolute atomic E-state index is 1.13. The Hall–Kier alpha value is -15.8. The molecule has 0 spiro atoms. The molecule has 7 heteroatoms. The minimum atomic E-state index is 1.13. The summed E-state index contributed by atoms with van der Waals surface area (Å²) in [6.45, 7) is 0. The predicted molar refractivity (Wildman–Crippen MR) is 525 cm³/mol. The first-order valence-electron chi connectivity index (χ1n) is 42.1. The van der Waals surface area contributed by atoms with Crippen LogP contribution in [0, 0.1) is 0 Å². The second-order valence-electron chi connectivity index (χ2n) is 32.0. The number of benzene rings is 20. The summed E-state index contributed by atoms with van der Waals surface area (Å²) in [6.07, 6.45) is 0. The minimum Gasteiger partial charge on any atom is -0.354 e. The number of aromatic nitrogens is 6. The van der Waals surface area contributed by atoms with Crippen LogP contribution in [0.1, 0.15) is 0 Å². The molecule has 0 atom stereocenters. The van der Waals surface area contributed by atoms with Crippen molar-refractivity contribution in [3.63, 3.8) is 0 Å². The number of para-hydroxylation sites is 9. The Morgan fingerprint density at radius 2 is 0.480 bits per heavy atom. The second kappa shape index (κ2) is 29.3. The third-order valence-corrected chi connectivity index (χ3v) is 25.7. The third kappa shape index (κ3) is 11.8. The summed E-state index contributed by atoms with van der Waals surface area (Å²) in [7, 11) is 0. The highest BCUT2D eigenvalue weighted by molar-refractivity contribution is 9.10. The molecular weight excluding hydrogens is 1560 g/mol. The van der Waals surface area contributed by atoms with Crippen LogP contribution in [0.2, 0.25) is 0 Å². The normalized spacial score (nSPS) is 11.8. The topological polar surface area (TPSA) is 40.4 Å². The first-order chi connectivity index (χ1) is 61.0. The van der Waals surface area contributed by atoms with E-state index in [0.29, 0.717) is 0 Å². The summed E-state index contributed by atoms with van der Waals surface area (Å²) >= 11 is 3.31. The highest BCUT2D eigenvalue weighted by atomic mass is 79.9. The molecule has 576 valence electrons. The number of rotatable bonds is 9. The molecule has 0 radical (unpaired) electrons. The lowest BCUT2D eigenvalue weighted by Crippen LogP contribution is -1.96. The maximum Gasteiger partial charge on any atom is 0.0619 e. The number of fused-ring (bicyclic) bond motifs is 22. The average Bonchev–Trinajstić information content (AvgIpc) is 1.56. The van der Waals surface area contributed by atoms with Gasteiger partial charge in [0.15, 0.2) is 0 Å². The number of hydrogen-bond acceptors (Lipinski definition) is 0. The average molecular weight is 1630 g/mol. The van der Waals surface area contributed by atoms with Gasteiger partial charge in [-0.1, -0.05) is 283 Å². The molecule has 123 heavy (non-hydrogen) atoms. The zero-order chi connectivity index (χ0) is 81.2. The van der Waals surface area contributed by atoms with Crippen molar-refractivity contribution in [3.05, 3.63) is 453 Å². The lowest BCUT2D eigenvalue weighted by atomic mass is 9.93. The van der Waals surface area contributed by atoms with Crippen LogP contribution in [0.5, 0.6) is 0 Å². The quantitative estimate of drug-likeness (QED) is 0.150. The smallest absolute Gasteiger partial charge is 0.0619 e. The van der Waals surface area contributed by atoms with Gasteiger partial charge in [0.05, 0.1) is 60.7 Å². The molecule has 0 saturated carbocycles. The molecule has 26 aromatic rings. The van der Waals surface area contributed by atoms with Crippen LogP contribution < -0.4 is 0 Å². The zero-order valence-corrected chi connectivity index (χ0v) is 68.4. The van der Waals surface area contributed by atoms with Crippen molar-refractivity contribution in [1.29, 1.82) is 0 Å². The SMILES string of the molecule is Brc1ccccc1.c1ccc(-n2c3ccccc3c3cc(-c4cc(-c5ccc6c(c5)c5c7ccccc7ccc5n6-c5ccccc5)cc5c4[nH]c4ccccc45)ccc32)cc1.c1ccc(-n2c3ccccc3c3cc(-c4cc(-c5ccc6c(c5)c5c7ccccc7ccc5n6-c5ccccc5)cc5c6ccccc6n(-c6ccccc6)c45)ccc32)cc1. The molecule has 0 aliphatic carbocycles. The highest BCUT2D eigenvalue weighted by Gasteiger charge is 2.25. The van der Waals surface area contributed by atoms with Gasteiger partial charge in [-0.05, 0) is 237 Å². The fourth-order valence-corrected chi connectivity index (χ4v) is 20.0. The molecule has 20 aromatic carbocycles. The van der Waals surface area contributed by atoms with Crippen molar-refractivity contribution in [2.75, 3.05) is 0 Å². The first kappa shape index (κ1) is 71.3. The maximum atomic E-state index is 3.83. The molecule has 26 rings (SSSR count). The first-order valence-corrected chi connectivity index (χ1v) is 42.8. The van der Waals surface area contributed by atoms with Crippen molar-refractivity contribution < 1.29 is 0 Å². The lowest BCUT2D eigenvalue weighted by Gasteiger charge is -2.15. The number of aromatic amines is 1. The van der Waals surface area contributed by atoms with E-state index in [0.717, 1.165) is 38.3 Å². The summed E-state index contributed by atoms with van der Waals surface area (Å²) in [5, 5.41) is 20.0. The van der Waals surface area contributed by atoms with Crippen LogP contribution in [0.15, 0.2) is 453 Å². The van der Waals surface area contributed by atoms with E-state index in [2.05, 4.69) is 462 Å². The van der Waals surface area contributed by atoms with E-state index in [1.54, 1.807) is 0 Å². The fourth-order valence-electron chi connectivity index (χ4n) is 19.7. The van der Waals surface area contributed by atoms with Gasteiger partial charge in [-0.3, -0.25) is 0 Å². The van der Waals surface area contributed by atoms with Gasteiger partial charge in [-0.2, -0.15) is 0 Å².